The second kappa shape index (κ2) is 4.69. The van der Waals surface area contributed by atoms with E-state index in [0.717, 1.165) is 12.3 Å². The maximum atomic E-state index is 12.6. The van der Waals surface area contributed by atoms with Crippen LogP contribution in [0.15, 0.2) is 12.3 Å². The molecule has 0 amide bonds. The smallest absolute Gasteiger partial charge is 0.328 e. The summed E-state index contributed by atoms with van der Waals surface area (Å²) in [6, 6.07) is -2.44. The summed E-state index contributed by atoms with van der Waals surface area (Å²) in [5.41, 5.74) is 9.31. The molecule has 0 aliphatic carbocycles. The predicted octanol–water partition coefficient (Wildman–Crippen LogP) is 1.08. The molecule has 0 atom stereocenters. The number of halogens is 3. The third-order valence-corrected chi connectivity index (χ3v) is 1.82. The number of aromatic nitrogens is 1. The van der Waals surface area contributed by atoms with E-state index in [2.05, 4.69) is 10.7 Å². The van der Waals surface area contributed by atoms with Crippen molar-refractivity contribution in [3.63, 3.8) is 0 Å². The molecule has 1 heterocycles. The SMILES string of the molecule is NCCOc1ncc(C(N)(F)F)cc1Cl. The standard InChI is InChI=1S/C8H10ClF2N3O/c9-6-3-5(8(10,11)13)4-14-7(6)15-2-1-12/h3-4H,1-2,12-13H2. The Morgan fingerprint density at radius 2 is 2.20 bits per heavy atom. The molecule has 1 aromatic rings. The summed E-state index contributed by atoms with van der Waals surface area (Å²) in [6.07, 6.45) is 0.914. The first kappa shape index (κ1) is 12.1. The molecule has 4 N–H and O–H groups in total. The number of rotatable bonds is 4. The highest BCUT2D eigenvalue weighted by molar-refractivity contribution is 6.31. The van der Waals surface area contributed by atoms with Crippen molar-refractivity contribution >= 4 is 11.6 Å². The van der Waals surface area contributed by atoms with Gasteiger partial charge in [0.2, 0.25) is 5.88 Å². The van der Waals surface area contributed by atoms with Gasteiger partial charge in [0.25, 0.3) is 0 Å². The number of pyridine rings is 1. The van der Waals surface area contributed by atoms with Crippen molar-refractivity contribution in [2.24, 2.45) is 11.5 Å². The highest BCUT2D eigenvalue weighted by atomic mass is 35.5. The minimum Gasteiger partial charge on any atom is -0.475 e. The van der Waals surface area contributed by atoms with Crippen LogP contribution in [0.5, 0.6) is 5.88 Å². The molecule has 0 aromatic carbocycles. The lowest BCUT2D eigenvalue weighted by molar-refractivity contribution is 0.00257. The van der Waals surface area contributed by atoms with Crippen molar-refractivity contribution in [3.8, 4) is 5.88 Å². The van der Waals surface area contributed by atoms with Gasteiger partial charge < -0.3 is 10.5 Å². The Kier molecular flexibility index (Phi) is 3.78. The summed E-state index contributed by atoms with van der Waals surface area (Å²) in [6.45, 7) is 0.498. The van der Waals surface area contributed by atoms with E-state index in [1.807, 2.05) is 0 Å². The summed E-state index contributed by atoms with van der Waals surface area (Å²) < 4.78 is 30.3. The Bertz CT molecular complexity index is 343. The van der Waals surface area contributed by atoms with Crippen LogP contribution in [0.1, 0.15) is 5.56 Å². The Balaban J connectivity index is 2.88. The van der Waals surface area contributed by atoms with Crippen LogP contribution in [-0.4, -0.2) is 18.1 Å². The van der Waals surface area contributed by atoms with Crippen LogP contribution < -0.4 is 16.2 Å². The maximum Gasteiger partial charge on any atom is 0.328 e. The summed E-state index contributed by atoms with van der Waals surface area (Å²) in [7, 11) is 0. The van der Waals surface area contributed by atoms with E-state index in [1.54, 1.807) is 0 Å². The second-order valence-corrected chi connectivity index (χ2v) is 3.18. The number of hydrogen-bond donors (Lipinski definition) is 2. The highest BCUT2D eigenvalue weighted by Crippen LogP contribution is 2.28. The molecule has 0 unspecified atom stereocenters. The average molecular weight is 238 g/mol. The molecule has 1 rings (SSSR count). The minimum absolute atomic E-state index is 0.0222. The molecular formula is C8H10ClF2N3O. The van der Waals surface area contributed by atoms with Crippen molar-refractivity contribution < 1.29 is 13.5 Å². The van der Waals surface area contributed by atoms with Gasteiger partial charge in [-0.3, -0.25) is 5.73 Å². The Morgan fingerprint density at radius 1 is 1.53 bits per heavy atom. The van der Waals surface area contributed by atoms with E-state index in [4.69, 9.17) is 22.1 Å². The van der Waals surface area contributed by atoms with Crippen LogP contribution >= 0.6 is 11.6 Å². The molecular weight excluding hydrogens is 228 g/mol. The van der Waals surface area contributed by atoms with E-state index in [0.29, 0.717) is 0 Å². The number of nitrogens with two attached hydrogens (primary N) is 2. The van der Waals surface area contributed by atoms with Crippen LogP contribution in [0.2, 0.25) is 5.02 Å². The van der Waals surface area contributed by atoms with Crippen molar-refractivity contribution in [2.45, 2.75) is 6.05 Å². The molecule has 7 heteroatoms. The number of alkyl halides is 2. The molecule has 0 bridgehead atoms. The maximum absolute atomic E-state index is 12.6. The number of ether oxygens (including phenoxy) is 1. The van der Waals surface area contributed by atoms with Gasteiger partial charge in [0.15, 0.2) is 0 Å². The van der Waals surface area contributed by atoms with Gasteiger partial charge >= 0.3 is 6.05 Å². The fourth-order valence-electron chi connectivity index (χ4n) is 0.869. The fourth-order valence-corrected chi connectivity index (χ4v) is 1.09. The third-order valence-electron chi connectivity index (χ3n) is 1.55. The van der Waals surface area contributed by atoms with Gasteiger partial charge in [-0.15, -0.1) is 0 Å². The van der Waals surface area contributed by atoms with Gasteiger partial charge in [-0.25, -0.2) is 4.98 Å². The first-order valence-electron chi connectivity index (χ1n) is 4.10. The van der Waals surface area contributed by atoms with Crippen LogP contribution in [0, 0.1) is 0 Å². The molecule has 15 heavy (non-hydrogen) atoms. The summed E-state index contributed by atoms with van der Waals surface area (Å²) in [5, 5.41) is -0.0222. The lowest BCUT2D eigenvalue weighted by Gasteiger charge is -2.11. The molecule has 4 nitrogen and oxygen atoms in total. The molecule has 0 spiro atoms. The summed E-state index contributed by atoms with van der Waals surface area (Å²) in [5.74, 6) is 0.0649. The molecule has 0 saturated heterocycles. The van der Waals surface area contributed by atoms with Gasteiger partial charge in [0.05, 0.1) is 5.56 Å². The zero-order valence-electron chi connectivity index (χ0n) is 7.71. The van der Waals surface area contributed by atoms with Crippen LogP contribution in [0.25, 0.3) is 0 Å². The topological polar surface area (TPSA) is 74.2 Å². The van der Waals surface area contributed by atoms with Crippen LogP contribution in [0.4, 0.5) is 8.78 Å². The lowest BCUT2D eigenvalue weighted by atomic mass is 10.2. The monoisotopic (exact) mass is 237 g/mol. The summed E-state index contributed by atoms with van der Waals surface area (Å²) >= 11 is 5.65. The Hall–Kier alpha value is -0.980. The molecule has 1 aromatic heterocycles. The second-order valence-electron chi connectivity index (χ2n) is 2.77. The van der Waals surface area contributed by atoms with Gasteiger partial charge in [0.1, 0.15) is 11.6 Å². The van der Waals surface area contributed by atoms with Crippen molar-refractivity contribution in [1.82, 2.24) is 4.98 Å². The number of hydrogen-bond acceptors (Lipinski definition) is 4. The van der Waals surface area contributed by atoms with E-state index in [-0.39, 0.29) is 24.1 Å². The van der Waals surface area contributed by atoms with E-state index >= 15 is 0 Å². The lowest BCUT2D eigenvalue weighted by Crippen LogP contribution is -2.25. The van der Waals surface area contributed by atoms with Gasteiger partial charge in [0, 0.05) is 12.7 Å². The van der Waals surface area contributed by atoms with Crippen molar-refractivity contribution in [3.05, 3.63) is 22.8 Å². The summed E-state index contributed by atoms with van der Waals surface area (Å²) in [4.78, 5) is 3.61. The Labute approximate surface area is 90.2 Å². The van der Waals surface area contributed by atoms with Crippen molar-refractivity contribution in [1.29, 1.82) is 0 Å². The molecule has 0 aliphatic rings. The fraction of sp³-hybridized carbons (Fsp3) is 0.375. The average Bonchev–Trinajstić information content (AvgIpc) is 2.14. The molecule has 0 aliphatic heterocycles. The zero-order chi connectivity index (χ0) is 11.5. The minimum atomic E-state index is -3.46. The Morgan fingerprint density at radius 3 is 2.67 bits per heavy atom. The van der Waals surface area contributed by atoms with Crippen LogP contribution in [0.3, 0.4) is 0 Å². The number of nitrogens with zero attached hydrogens (tertiary/aromatic N) is 1. The first-order valence-corrected chi connectivity index (χ1v) is 4.48. The predicted molar refractivity (Wildman–Crippen MR) is 51.9 cm³/mol. The molecule has 0 radical (unpaired) electrons. The highest BCUT2D eigenvalue weighted by Gasteiger charge is 2.26. The van der Waals surface area contributed by atoms with E-state index in [9.17, 15) is 8.78 Å². The molecule has 84 valence electrons. The van der Waals surface area contributed by atoms with Gasteiger partial charge in [-0.05, 0) is 6.07 Å². The largest absolute Gasteiger partial charge is 0.475 e. The van der Waals surface area contributed by atoms with Gasteiger partial charge in [-0.2, -0.15) is 8.78 Å². The quantitative estimate of drug-likeness (QED) is 0.769. The first-order chi connectivity index (χ1) is 6.95. The zero-order valence-corrected chi connectivity index (χ0v) is 8.47. The van der Waals surface area contributed by atoms with Gasteiger partial charge in [-0.1, -0.05) is 11.6 Å². The normalized spacial score (nSPS) is 11.5. The van der Waals surface area contributed by atoms with E-state index < -0.39 is 11.6 Å². The van der Waals surface area contributed by atoms with Crippen LogP contribution in [-0.2, 0) is 6.05 Å². The third kappa shape index (κ3) is 3.26. The van der Waals surface area contributed by atoms with Crippen molar-refractivity contribution in [2.75, 3.05) is 13.2 Å². The molecule has 0 fully saturated rings. The van der Waals surface area contributed by atoms with E-state index in [1.165, 1.54) is 0 Å². The molecule has 0 saturated carbocycles.